The number of esters is 2. The molecule has 0 fully saturated rings. The fourth-order valence-corrected chi connectivity index (χ4v) is 3.97. The zero-order valence-corrected chi connectivity index (χ0v) is 22.1. The van der Waals surface area contributed by atoms with E-state index in [4.69, 9.17) is 15.2 Å². The lowest BCUT2D eigenvalue weighted by Crippen LogP contribution is -2.35. The van der Waals surface area contributed by atoms with Crippen molar-refractivity contribution in [3.05, 3.63) is 0 Å². The maximum atomic E-state index is 11.9. The van der Waals surface area contributed by atoms with Gasteiger partial charge in [-0.2, -0.15) is 0 Å². The smallest absolute Gasteiger partial charge is 0.323 e. The molecule has 0 saturated carbocycles. The van der Waals surface area contributed by atoms with Gasteiger partial charge in [0.1, 0.15) is 6.04 Å². The maximum Gasteiger partial charge on any atom is 0.323 e. The number of rotatable bonds is 25. The van der Waals surface area contributed by atoms with Crippen LogP contribution in [0.1, 0.15) is 149 Å². The zero-order valence-electron chi connectivity index (χ0n) is 22.1. The highest BCUT2D eigenvalue weighted by atomic mass is 16.5. The van der Waals surface area contributed by atoms with Crippen LogP contribution in [0.2, 0.25) is 0 Å². The molecule has 0 aromatic heterocycles. The van der Waals surface area contributed by atoms with Crippen LogP contribution in [0.3, 0.4) is 0 Å². The van der Waals surface area contributed by atoms with Crippen molar-refractivity contribution in [2.24, 2.45) is 5.73 Å². The predicted molar refractivity (Wildman–Crippen MR) is 138 cm³/mol. The van der Waals surface area contributed by atoms with Crippen molar-refractivity contribution in [2.75, 3.05) is 13.2 Å². The molecule has 0 aliphatic carbocycles. The molecule has 0 bridgehead atoms. The van der Waals surface area contributed by atoms with Crippen molar-refractivity contribution in [3.8, 4) is 0 Å². The van der Waals surface area contributed by atoms with Gasteiger partial charge in [0.15, 0.2) is 0 Å². The summed E-state index contributed by atoms with van der Waals surface area (Å²) < 4.78 is 10.4. The lowest BCUT2D eigenvalue weighted by atomic mass is 10.1. The first-order valence-electron chi connectivity index (χ1n) is 14.2. The van der Waals surface area contributed by atoms with Crippen LogP contribution in [-0.2, 0) is 19.1 Å². The van der Waals surface area contributed by atoms with Gasteiger partial charge >= 0.3 is 11.9 Å². The van der Waals surface area contributed by atoms with Gasteiger partial charge in [0.05, 0.1) is 19.6 Å². The predicted octanol–water partition coefficient (Wildman–Crippen LogP) is 7.63. The van der Waals surface area contributed by atoms with Gasteiger partial charge in [0.2, 0.25) is 0 Å². The van der Waals surface area contributed by atoms with Gasteiger partial charge in [-0.15, -0.1) is 0 Å². The van der Waals surface area contributed by atoms with Crippen molar-refractivity contribution in [2.45, 2.75) is 155 Å². The third-order valence-corrected chi connectivity index (χ3v) is 6.19. The normalized spacial score (nSPS) is 12.0. The lowest BCUT2D eigenvalue weighted by molar-refractivity contribution is -0.152. The van der Waals surface area contributed by atoms with Crippen molar-refractivity contribution < 1.29 is 19.1 Å². The van der Waals surface area contributed by atoms with E-state index in [2.05, 4.69) is 13.8 Å². The van der Waals surface area contributed by atoms with E-state index in [1.807, 2.05) is 0 Å². The SMILES string of the molecule is CCCCCCCCCCCCOC(=O)C[C@H](N)C(=O)OCCCCCCCCCCCC. The summed E-state index contributed by atoms with van der Waals surface area (Å²) in [4.78, 5) is 23.8. The Labute approximate surface area is 204 Å². The average molecular weight is 470 g/mol. The summed E-state index contributed by atoms with van der Waals surface area (Å²) in [7, 11) is 0. The minimum Gasteiger partial charge on any atom is -0.466 e. The van der Waals surface area contributed by atoms with Crippen LogP contribution >= 0.6 is 0 Å². The Balaban J connectivity index is 3.46. The highest BCUT2D eigenvalue weighted by Crippen LogP contribution is 2.12. The molecule has 0 saturated heterocycles. The van der Waals surface area contributed by atoms with Crippen LogP contribution in [0.5, 0.6) is 0 Å². The number of ether oxygens (including phenoxy) is 2. The number of carbonyl (C=O) groups excluding carboxylic acids is 2. The number of hydrogen-bond donors (Lipinski definition) is 1. The van der Waals surface area contributed by atoms with E-state index in [1.54, 1.807) is 0 Å². The number of carbonyl (C=O) groups is 2. The first-order valence-corrected chi connectivity index (χ1v) is 14.2. The Bertz CT molecular complexity index is 442. The van der Waals surface area contributed by atoms with Crippen LogP contribution < -0.4 is 5.73 Å². The first-order chi connectivity index (χ1) is 16.1. The van der Waals surface area contributed by atoms with Crippen LogP contribution in [0.4, 0.5) is 0 Å². The molecule has 5 heteroatoms. The summed E-state index contributed by atoms with van der Waals surface area (Å²) in [6, 6.07) is -0.923. The van der Waals surface area contributed by atoms with E-state index >= 15 is 0 Å². The topological polar surface area (TPSA) is 78.6 Å². The van der Waals surface area contributed by atoms with Crippen molar-refractivity contribution in [1.82, 2.24) is 0 Å². The molecule has 1 atom stereocenters. The molecular formula is C28H55NO4. The highest BCUT2D eigenvalue weighted by molar-refractivity contribution is 5.82. The second kappa shape index (κ2) is 25.5. The fraction of sp³-hybridized carbons (Fsp3) is 0.929. The fourth-order valence-electron chi connectivity index (χ4n) is 3.97. The van der Waals surface area contributed by atoms with Crippen LogP contribution in [-0.4, -0.2) is 31.2 Å². The van der Waals surface area contributed by atoms with E-state index in [9.17, 15) is 9.59 Å². The highest BCUT2D eigenvalue weighted by Gasteiger charge is 2.19. The molecule has 0 aromatic carbocycles. The van der Waals surface area contributed by atoms with Crippen LogP contribution in [0.15, 0.2) is 0 Å². The van der Waals surface area contributed by atoms with E-state index < -0.39 is 18.0 Å². The molecule has 0 spiro atoms. The Kier molecular flexibility index (Phi) is 24.7. The Morgan fingerprint density at radius 2 is 0.879 bits per heavy atom. The Morgan fingerprint density at radius 1 is 0.545 bits per heavy atom. The number of nitrogens with two attached hydrogens (primary N) is 1. The Hall–Kier alpha value is -1.10. The molecule has 0 amide bonds. The van der Waals surface area contributed by atoms with Crippen molar-refractivity contribution in [3.63, 3.8) is 0 Å². The van der Waals surface area contributed by atoms with Gasteiger partial charge in [-0.05, 0) is 12.8 Å². The van der Waals surface area contributed by atoms with E-state index in [0.717, 1.165) is 25.7 Å². The minimum atomic E-state index is -0.923. The first kappa shape index (κ1) is 31.9. The number of hydrogen-bond acceptors (Lipinski definition) is 5. The summed E-state index contributed by atoms with van der Waals surface area (Å²) in [5, 5.41) is 0. The quantitative estimate of drug-likeness (QED) is 0.110. The molecule has 0 aliphatic heterocycles. The summed E-state index contributed by atoms with van der Waals surface area (Å²) >= 11 is 0. The van der Waals surface area contributed by atoms with Gasteiger partial charge in [0, 0.05) is 0 Å². The molecule has 0 unspecified atom stereocenters. The van der Waals surface area contributed by atoms with Crippen molar-refractivity contribution >= 4 is 11.9 Å². The molecule has 33 heavy (non-hydrogen) atoms. The molecule has 2 N–H and O–H groups in total. The molecule has 0 heterocycles. The minimum absolute atomic E-state index is 0.103. The summed E-state index contributed by atoms with van der Waals surface area (Å²) in [6.45, 7) is 5.28. The summed E-state index contributed by atoms with van der Waals surface area (Å²) in [6.07, 6.45) is 24.7. The molecule has 0 aromatic rings. The monoisotopic (exact) mass is 469 g/mol. The van der Waals surface area contributed by atoms with Gasteiger partial charge in [-0.1, -0.05) is 129 Å². The van der Waals surface area contributed by atoms with Crippen LogP contribution in [0, 0.1) is 0 Å². The van der Waals surface area contributed by atoms with E-state index in [0.29, 0.717) is 13.2 Å². The third kappa shape index (κ3) is 23.8. The van der Waals surface area contributed by atoms with Crippen molar-refractivity contribution in [1.29, 1.82) is 0 Å². The van der Waals surface area contributed by atoms with Gasteiger partial charge < -0.3 is 15.2 Å². The molecule has 196 valence electrons. The Morgan fingerprint density at radius 3 is 1.27 bits per heavy atom. The largest absolute Gasteiger partial charge is 0.466 e. The zero-order chi connectivity index (χ0) is 24.4. The third-order valence-electron chi connectivity index (χ3n) is 6.19. The molecule has 0 radical (unpaired) electrons. The van der Waals surface area contributed by atoms with E-state index in [-0.39, 0.29) is 6.42 Å². The lowest BCUT2D eigenvalue weighted by Gasteiger charge is -2.11. The van der Waals surface area contributed by atoms with Crippen LogP contribution in [0.25, 0.3) is 0 Å². The second-order valence-electron chi connectivity index (χ2n) is 9.56. The second-order valence-corrected chi connectivity index (χ2v) is 9.56. The average Bonchev–Trinajstić information content (AvgIpc) is 2.80. The molecule has 0 aliphatic rings. The van der Waals surface area contributed by atoms with Gasteiger partial charge in [-0.25, -0.2) is 0 Å². The molecule has 0 rings (SSSR count). The van der Waals surface area contributed by atoms with Gasteiger partial charge in [0.25, 0.3) is 0 Å². The molecule has 5 nitrogen and oxygen atoms in total. The maximum absolute atomic E-state index is 11.9. The standard InChI is InChI=1S/C28H55NO4/c1-3-5-7-9-11-13-15-17-19-21-23-32-27(30)25-26(29)28(31)33-24-22-20-18-16-14-12-10-8-6-4-2/h26H,3-25,29H2,1-2H3/t26-/m0/s1. The summed E-state index contributed by atoms with van der Waals surface area (Å²) in [5.74, 6) is -0.906. The molecular weight excluding hydrogens is 414 g/mol. The van der Waals surface area contributed by atoms with Gasteiger partial charge in [-0.3, -0.25) is 9.59 Å². The van der Waals surface area contributed by atoms with E-state index in [1.165, 1.54) is 103 Å². The summed E-state index contributed by atoms with van der Waals surface area (Å²) in [5.41, 5.74) is 5.80. The number of unbranched alkanes of at least 4 members (excludes halogenated alkanes) is 18.